The zero-order chi connectivity index (χ0) is 10.6. The lowest BCUT2D eigenvalue weighted by molar-refractivity contribution is 0.225. The van der Waals surface area contributed by atoms with Crippen LogP contribution in [0, 0.1) is 11.3 Å². The van der Waals surface area contributed by atoms with E-state index >= 15 is 0 Å². The van der Waals surface area contributed by atoms with Crippen LogP contribution in [0.1, 0.15) is 25.0 Å². The number of aliphatic hydroxyl groups excluding tert-OH is 1. The van der Waals surface area contributed by atoms with Crippen molar-refractivity contribution >= 4 is 0 Å². The van der Waals surface area contributed by atoms with Gasteiger partial charge in [-0.1, -0.05) is 0 Å². The van der Waals surface area contributed by atoms with Crippen molar-refractivity contribution in [3.8, 4) is 11.8 Å². The Kier molecular flexibility index (Phi) is 3.49. The minimum absolute atomic E-state index is 0.0632. The van der Waals surface area contributed by atoms with Gasteiger partial charge in [0.25, 0.3) is 0 Å². The van der Waals surface area contributed by atoms with Crippen LogP contribution in [0.4, 0.5) is 0 Å². The van der Waals surface area contributed by atoms with Crippen LogP contribution < -0.4 is 4.74 Å². The molecule has 0 radical (unpaired) electrons. The molecule has 0 bridgehead atoms. The number of nitrogens with zero attached hydrogens (tertiary/aromatic N) is 1. The lowest BCUT2D eigenvalue weighted by Crippen LogP contribution is -2.07. The van der Waals surface area contributed by atoms with Gasteiger partial charge in [0.2, 0.25) is 0 Å². The average molecular weight is 191 g/mol. The Balaban J connectivity index is 3.00. The van der Waals surface area contributed by atoms with Gasteiger partial charge in [-0.2, -0.15) is 5.26 Å². The molecule has 3 nitrogen and oxygen atoms in total. The highest BCUT2D eigenvalue weighted by Crippen LogP contribution is 2.21. The second-order valence-electron chi connectivity index (χ2n) is 3.26. The average Bonchev–Trinajstić information content (AvgIpc) is 2.17. The summed E-state index contributed by atoms with van der Waals surface area (Å²) in [7, 11) is 0. The number of aliphatic hydroxyl groups is 1. The molecule has 1 N–H and O–H groups in total. The standard InChI is InChI=1S/C11H13NO2/c1-8(2)14-11-4-3-9(6-12)5-10(11)7-13/h3-5,8,13H,7H2,1-2H3. The second-order valence-corrected chi connectivity index (χ2v) is 3.26. The van der Waals surface area contributed by atoms with Crippen molar-refractivity contribution in [2.45, 2.75) is 26.6 Å². The van der Waals surface area contributed by atoms with E-state index in [2.05, 4.69) is 0 Å². The Labute approximate surface area is 83.6 Å². The van der Waals surface area contributed by atoms with Gasteiger partial charge in [0.1, 0.15) is 5.75 Å². The van der Waals surface area contributed by atoms with E-state index in [4.69, 9.17) is 15.1 Å². The Morgan fingerprint density at radius 2 is 2.21 bits per heavy atom. The van der Waals surface area contributed by atoms with Crippen molar-refractivity contribution in [3.63, 3.8) is 0 Å². The molecule has 0 aliphatic heterocycles. The molecule has 0 atom stereocenters. The van der Waals surface area contributed by atoms with Gasteiger partial charge in [-0.15, -0.1) is 0 Å². The summed E-state index contributed by atoms with van der Waals surface area (Å²) >= 11 is 0. The predicted octanol–water partition coefficient (Wildman–Crippen LogP) is 1.84. The van der Waals surface area contributed by atoms with Gasteiger partial charge in [0.15, 0.2) is 0 Å². The third kappa shape index (κ3) is 2.48. The predicted molar refractivity (Wildman–Crippen MR) is 52.8 cm³/mol. The van der Waals surface area contributed by atoms with E-state index in [9.17, 15) is 0 Å². The molecular weight excluding hydrogens is 178 g/mol. The summed E-state index contributed by atoms with van der Waals surface area (Å²) in [6, 6.07) is 7.04. The molecule has 0 amide bonds. The lowest BCUT2D eigenvalue weighted by atomic mass is 10.1. The molecule has 0 spiro atoms. The Bertz CT molecular complexity index is 353. The van der Waals surface area contributed by atoms with Gasteiger partial charge in [0.05, 0.1) is 24.3 Å². The fourth-order valence-electron chi connectivity index (χ4n) is 1.14. The molecular formula is C11H13NO2. The van der Waals surface area contributed by atoms with Gasteiger partial charge in [0, 0.05) is 5.56 Å². The Morgan fingerprint density at radius 1 is 1.50 bits per heavy atom. The molecule has 0 aromatic heterocycles. The highest BCUT2D eigenvalue weighted by Gasteiger charge is 2.05. The van der Waals surface area contributed by atoms with E-state index in [0.717, 1.165) is 0 Å². The van der Waals surface area contributed by atoms with Crippen molar-refractivity contribution in [1.82, 2.24) is 0 Å². The Hall–Kier alpha value is -1.53. The van der Waals surface area contributed by atoms with E-state index in [1.807, 2.05) is 19.9 Å². The van der Waals surface area contributed by atoms with Crippen LogP contribution in [0.5, 0.6) is 5.75 Å². The van der Waals surface area contributed by atoms with Crippen LogP contribution in [-0.4, -0.2) is 11.2 Å². The third-order valence-electron chi connectivity index (χ3n) is 1.72. The first-order valence-corrected chi connectivity index (χ1v) is 4.48. The second kappa shape index (κ2) is 4.64. The first-order chi connectivity index (χ1) is 6.67. The maximum absolute atomic E-state index is 9.06. The largest absolute Gasteiger partial charge is 0.491 e. The first-order valence-electron chi connectivity index (χ1n) is 4.48. The van der Waals surface area contributed by atoms with Crippen LogP contribution in [0.15, 0.2) is 18.2 Å². The van der Waals surface area contributed by atoms with E-state index in [1.54, 1.807) is 18.2 Å². The SMILES string of the molecule is CC(C)Oc1ccc(C#N)cc1CO. The molecule has 14 heavy (non-hydrogen) atoms. The molecule has 1 aromatic carbocycles. The van der Waals surface area contributed by atoms with Crippen molar-refractivity contribution in [2.75, 3.05) is 0 Å². The summed E-state index contributed by atoms with van der Waals surface area (Å²) in [5, 5.41) is 17.7. The minimum atomic E-state index is -0.114. The van der Waals surface area contributed by atoms with E-state index in [0.29, 0.717) is 16.9 Å². The number of rotatable bonds is 3. The molecule has 1 aromatic rings. The first kappa shape index (κ1) is 10.6. The van der Waals surface area contributed by atoms with Gasteiger partial charge < -0.3 is 9.84 Å². The van der Waals surface area contributed by atoms with Crippen molar-refractivity contribution in [2.24, 2.45) is 0 Å². The molecule has 0 saturated carbocycles. The maximum Gasteiger partial charge on any atom is 0.125 e. The molecule has 0 aliphatic carbocycles. The number of benzene rings is 1. The number of hydrogen-bond acceptors (Lipinski definition) is 3. The summed E-state index contributed by atoms with van der Waals surface area (Å²) in [5.41, 5.74) is 1.18. The molecule has 74 valence electrons. The highest BCUT2D eigenvalue weighted by atomic mass is 16.5. The molecule has 0 saturated heterocycles. The Morgan fingerprint density at radius 3 is 2.71 bits per heavy atom. The molecule has 1 rings (SSSR count). The quantitative estimate of drug-likeness (QED) is 0.793. The summed E-state index contributed by atoms with van der Waals surface area (Å²) in [4.78, 5) is 0. The van der Waals surface area contributed by atoms with Crippen LogP contribution in [0.25, 0.3) is 0 Å². The molecule has 0 aliphatic rings. The molecule has 0 fully saturated rings. The van der Waals surface area contributed by atoms with Crippen LogP contribution in [0.3, 0.4) is 0 Å². The zero-order valence-electron chi connectivity index (χ0n) is 8.32. The van der Waals surface area contributed by atoms with Gasteiger partial charge in [-0.05, 0) is 32.0 Å². The number of ether oxygens (including phenoxy) is 1. The van der Waals surface area contributed by atoms with Crippen LogP contribution >= 0.6 is 0 Å². The number of hydrogen-bond donors (Lipinski definition) is 1. The fraction of sp³-hybridized carbons (Fsp3) is 0.364. The zero-order valence-corrected chi connectivity index (χ0v) is 8.32. The van der Waals surface area contributed by atoms with Gasteiger partial charge >= 0.3 is 0 Å². The molecule has 0 unspecified atom stereocenters. The lowest BCUT2D eigenvalue weighted by Gasteiger charge is -2.12. The smallest absolute Gasteiger partial charge is 0.125 e. The number of nitriles is 1. The van der Waals surface area contributed by atoms with Crippen LogP contribution in [0.2, 0.25) is 0 Å². The molecule has 0 heterocycles. The van der Waals surface area contributed by atoms with E-state index in [1.165, 1.54) is 0 Å². The van der Waals surface area contributed by atoms with E-state index in [-0.39, 0.29) is 12.7 Å². The monoisotopic (exact) mass is 191 g/mol. The van der Waals surface area contributed by atoms with Gasteiger partial charge in [-0.25, -0.2) is 0 Å². The third-order valence-corrected chi connectivity index (χ3v) is 1.72. The summed E-state index contributed by atoms with van der Waals surface area (Å²) in [5.74, 6) is 0.640. The van der Waals surface area contributed by atoms with Crippen LogP contribution in [-0.2, 0) is 6.61 Å². The topological polar surface area (TPSA) is 53.2 Å². The van der Waals surface area contributed by atoms with Gasteiger partial charge in [-0.3, -0.25) is 0 Å². The molecule has 3 heteroatoms. The fourth-order valence-corrected chi connectivity index (χ4v) is 1.14. The maximum atomic E-state index is 9.06. The van der Waals surface area contributed by atoms with Crippen molar-refractivity contribution in [1.29, 1.82) is 5.26 Å². The van der Waals surface area contributed by atoms with Crippen molar-refractivity contribution < 1.29 is 9.84 Å². The van der Waals surface area contributed by atoms with E-state index < -0.39 is 0 Å². The summed E-state index contributed by atoms with van der Waals surface area (Å²) in [6.07, 6.45) is 0.0632. The highest BCUT2D eigenvalue weighted by molar-refractivity contribution is 5.41. The van der Waals surface area contributed by atoms with Crippen molar-refractivity contribution in [3.05, 3.63) is 29.3 Å². The summed E-state index contributed by atoms with van der Waals surface area (Å²) < 4.78 is 5.47. The normalized spacial score (nSPS) is 9.93. The minimum Gasteiger partial charge on any atom is -0.491 e. The summed E-state index contributed by atoms with van der Waals surface area (Å²) in [6.45, 7) is 3.72.